The number of aromatic nitrogens is 2. The lowest BCUT2D eigenvalue weighted by molar-refractivity contribution is -0.141. The maximum absolute atomic E-state index is 12.5. The molecule has 0 saturated heterocycles. The van der Waals surface area contributed by atoms with E-state index < -0.39 is 11.9 Å². The number of nitrogens with two attached hydrogens (primary N) is 1. The average Bonchev–Trinajstić information content (AvgIpc) is 2.63. The summed E-state index contributed by atoms with van der Waals surface area (Å²) in [5.41, 5.74) is 5.58. The molecule has 1 fully saturated rings. The Balaban J connectivity index is 2.03. The van der Waals surface area contributed by atoms with Crippen LogP contribution in [0.15, 0.2) is 6.07 Å². The van der Waals surface area contributed by atoms with Crippen LogP contribution in [0.5, 0.6) is 0 Å². The lowest BCUT2D eigenvalue weighted by Gasteiger charge is -2.26. The van der Waals surface area contributed by atoms with Crippen LogP contribution in [-0.2, 0) is 12.7 Å². The van der Waals surface area contributed by atoms with Crippen molar-refractivity contribution in [1.29, 1.82) is 0 Å². The molecule has 0 bridgehead atoms. The number of hydrogen-bond acceptors (Lipinski definition) is 2. The van der Waals surface area contributed by atoms with E-state index in [0.29, 0.717) is 18.2 Å². The number of halogens is 3. The first-order valence-corrected chi connectivity index (χ1v) is 6.23. The number of hydrogen-bond donors (Lipinski definition) is 1. The zero-order valence-corrected chi connectivity index (χ0v) is 10.4. The summed E-state index contributed by atoms with van der Waals surface area (Å²) in [4.78, 5) is 0. The maximum atomic E-state index is 12.5. The Morgan fingerprint density at radius 1 is 1.33 bits per heavy atom. The van der Waals surface area contributed by atoms with Gasteiger partial charge in [0, 0.05) is 18.3 Å². The third-order valence-electron chi connectivity index (χ3n) is 3.59. The van der Waals surface area contributed by atoms with E-state index >= 15 is 0 Å². The number of aryl methyl sites for hydroxylation is 1. The van der Waals surface area contributed by atoms with Crippen molar-refractivity contribution >= 4 is 0 Å². The van der Waals surface area contributed by atoms with Crippen molar-refractivity contribution in [3.63, 3.8) is 0 Å². The highest BCUT2D eigenvalue weighted by Gasteiger charge is 2.34. The van der Waals surface area contributed by atoms with E-state index in [1.54, 1.807) is 6.92 Å². The van der Waals surface area contributed by atoms with E-state index in [1.165, 1.54) is 4.68 Å². The SMILES string of the molecule is Cc1cc(C(F)(F)F)nn1C[C@H]1CC[C@H](N)CC1. The van der Waals surface area contributed by atoms with Gasteiger partial charge in [-0.3, -0.25) is 4.68 Å². The van der Waals surface area contributed by atoms with Gasteiger partial charge < -0.3 is 5.73 Å². The first-order chi connectivity index (χ1) is 8.36. The van der Waals surface area contributed by atoms with Crippen LogP contribution in [0, 0.1) is 12.8 Å². The third-order valence-corrected chi connectivity index (χ3v) is 3.59. The van der Waals surface area contributed by atoms with Crippen LogP contribution in [0.4, 0.5) is 13.2 Å². The van der Waals surface area contributed by atoms with Gasteiger partial charge in [-0.05, 0) is 44.6 Å². The minimum atomic E-state index is -4.36. The highest BCUT2D eigenvalue weighted by atomic mass is 19.4. The molecule has 1 aromatic rings. The Labute approximate surface area is 104 Å². The molecule has 102 valence electrons. The predicted octanol–water partition coefficient (Wildman–Crippen LogP) is 2.73. The summed E-state index contributed by atoms with van der Waals surface area (Å²) in [6, 6.07) is 1.36. The molecular weight excluding hydrogens is 243 g/mol. The molecule has 0 aromatic carbocycles. The predicted molar refractivity (Wildman–Crippen MR) is 61.9 cm³/mol. The van der Waals surface area contributed by atoms with E-state index in [4.69, 9.17) is 5.73 Å². The molecule has 0 atom stereocenters. The second-order valence-electron chi connectivity index (χ2n) is 5.13. The van der Waals surface area contributed by atoms with Gasteiger partial charge in [0.25, 0.3) is 0 Å². The lowest BCUT2D eigenvalue weighted by atomic mass is 9.86. The van der Waals surface area contributed by atoms with Gasteiger partial charge in [-0.1, -0.05) is 0 Å². The van der Waals surface area contributed by atoms with E-state index in [1.807, 2.05) is 0 Å². The van der Waals surface area contributed by atoms with E-state index in [-0.39, 0.29) is 6.04 Å². The normalized spacial score (nSPS) is 25.4. The molecule has 18 heavy (non-hydrogen) atoms. The van der Waals surface area contributed by atoms with Crippen molar-refractivity contribution in [3.05, 3.63) is 17.5 Å². The molecule has 1 aromatic heterocycles. The molecule has 6 heteroatoms. The summed E-state index contributed by atoms with van der Waals surface area (Å²) in [5.74, 6) is 0.393. The molecule has 1 aliphatic carbocycles. The summed E-state index contributed by atoms with van der Waals surface area (Å²) in [6.07, 6.45) is -0.497. The van der Waals surface area contributed by atoms with Gasteiger partial charge in [0.1, 0.15) is 0 Å². The topological polar surface area (TPSA) is 43.8 Å². The van der Waals surface area contributed by atoms with Crippen molar-refractivity contribution in [3.8, 4) is 0 Å². The molecule has 3 nitrogen and oxygen atoms in total. The number of alkyl halides is 3. The zero-order chi connectivity index (χ0) is 13.3. The Kier molecular flexibility index (Phi) is 3.66. The van der Waals surface area contributed by atoms with Crippen LogP contribution < -0.4 is 5.73 Å². The quantitative estimate of drug-likeness (QED) is 0.889. The molecule has 2 rings (SSSR count). The van der Waals surface area contributed by atoms with Crippen molar-refractivity contribution in [2.75, 3.05) is 0 Å². The lowest BCUT2D eigenvalue weighted by Crippen LogP contribution is -2.28. The smallest absolute Gasteiger partial charge is 0.328 e. The highest BCUT2D eigenvalue weighted by molar-refractivity contribution is 5.11. The van der Waals surface area contributed by atoms with E-state index in [9.17, 15) is 13.2 Å². The van der Waals surface area contributed by atoms with Crippen molar-refractivity contribution in [2.24, 2.45) is 11.7 Å². The fourth-order valence-electron chi connectivity index (χ4n) is 2.45. The molecule has 0 aliphatic heterocycles. The van der Waals surface area contributed by atoms with Crippen molar-refractivity contribution < 1.29 is 13.2 Å². The van der Waals surface area contributed by atoms with Crippen molar-refractivity contribution in [2.45, 2.75) is 51.4 Å². The zero-order valence-electron chi connectivity index (χ0n) is 10.4. The highest BCUT2D eigenvalue weighted by Crippen LogP contribution is 2.30. The fourth-order valence-corrected chi connectivity index (χ4v) is 2.45. The number of rotatable bonds is 2. The summed E-state index contributed by atoms with van der Waals surface area (Å²) in [6.45, 7) is 2.23. The Hall–Kier alpha value is -1.04. The molecule has 0 radical (unpaired) electrons. The van der Waals surface area contributed by atoms with Crippen molar-refractivity contribution in [1.82, 2.24) is 9.78 Å². The Morgan fingerprint density at radius 2 is 1.94 bits per heavy atom. The van der Waals surface area contributed by atoms with Crippen LogP contribution >= 0.6 is 0 Å². The maximum Gasteiger partial charge on any atom is 0.435 e. The second kappa shape index (κ2) is 4.91. The standard InChI is InChI=1S/C12H18F3N3/c1-8-6-11(12(13,14)15)17-18(8)7-9-2-4-10(16)5-3-9/h6,9-10H,2-5,7,16H2,1H3/t9-,10-. The average molecular weight is 261 g/mol. The largest absolute Gasteiger partial charge is 0.435 e. The summed E-state index contributed by atoms with van der Waals surface area (Å²) < 4.78 is 39.0. The van der Waals surface area contributed by atoms with Gasteiger partial charge in [0.05, 0.1) is 0 Å². The molecule has 1 saturated carbocycles. The van der Waals surface area contributed by atoms with Gasteiger partial charge in [0.2, 0.25) is 0 Å². The second-order valence-corrected chi connectivity index (χ2v) is 5.13. The Morgan fingerprint density at radius 3 is 2.44 bits per heavy atom. The molecule has 2 N–H and O–H groups in total. The van der Waals surface area contributed by atoms with Gasteiger partial charge >= 0.3 is 6.18 Å². The fraction of sp³-hybridized carbons (Fsp3) is 0.750. The van der Waals surface area contributed by atoms with Gasteiger partial charge in [-0.25, -0.2) is 0 Å². The first-order valence-electron chi connectivity index (χ1n) is 6.23. The molecule has 1 aliphatic rings. The van der Waals surface area contributed by atoms with E-state index in [0.717, 1.165) is 31.7 Å². The van der Waals surface area contributed by atoms with Gasteiger partial charge in [0.15, 0.2) is 5.69 Å². The molecule has 0 amide bonds. The monoisotopic (exact) mass is 261 g/mol. The molecule has 1 heterocycles. The molecule has 0 spiro atoms. The molecular formula is C12H18F3N3. The van der Waals surface area contributed by atoms with E-state index in [2.05, 4.69) is 5.10 Å². The molecule has 0 unspecified atom stereocenters. The van der Waals surface area contributed by atoms with Crippen LogP contribution in [0.3, 0.4) is 0 Å². The third kappa shape index (κ3) is 3.04. The van der Waals surface area contributed by atoms with Crippen LogP contribution in [0.2, 0.25) is 0 Å². The number of nitrogens with zero attached hydrogens (tertiary/aromatic N) is 2. The van der Waals surface area contributed by atoms with Crippen LogP contribution in [0.1, 0.15) is 37.1 Å². The summed E-state index contributed by atoms with van der Waals surface area (Å²) in [5, 5.41) is 3.65. The Bertz CT molecular complexity index is 403. The van der Waals surface area contributed by atoms with Gasteiger partial charge in [-0.15, -0.1) is 0 Å². The first kappa shape index (κ1) is 13.4. The summed E-state index contributed by atoms with van der Waals surface area (Å²) in [7, 11) is 0. The van der Waals surface area contributed by atoms with Crippen LogP contribution in [0.25, 0.3) is 0 Å². The minimum absolute atomic E-state index is 0.255. The summed E-state index contributed by atoms with van der Waals surface area (Å²) >= 11 is 0. The minimum Gasteiger partial charge on any atom is -0.328 e. The van der Waals surface area contributed by atoms with Crippen LogP contribution in [-0.4, -0.2) is 15.8 Å². The van der Waals surface area contributed by atoms with Gasteiger partial charge in [-0.2, -0.15) is 18.3 Å².